The van der Waals surface area contributed by atoms with E-state index in [1.807, 2.05) is 0 Å². The van der Waals surface area contributed by atoms with Crippen LogP contribution in [0.15, 0.2) is 60.8 Å². The van der Waals surface area contributed by atoms with E-state index in [1.165, 1.54) is 148 Å². The predicted molar refractivity (Wildman–Crippen MR) is 275 cm³/mol. The quantitative estimate of drug-likeness (QED) is 0.0265. The van der Waals surface area contributed by atoms with Gasteiger partial charge in [-0.1, -0.05) is 216 Å². The summed E-state index contributed by atoms with van der Waals surface area (Å²) in [6, 6.07) is 0. The molecule has 0 aromatic carbocycles. The fourth-order valence-electron chi connectivity index (χ4n) is 7.45. The Morgan fingerprint density at radius 2 is 0.846 bits per heavy atom. The maximum absolute atomic E-state index is 12.6. The highest BCUT2D eigenvalue weighted by molar-refractivity contribution is 7.47. The summed E-state index contributed by atoms with van der Waals surface area (Å²) in [5.41, 5.74) is 5.36. The minimum Gasteiger partial charge on any atom is -0.462 e. The average molecular weight is 934 g/mol. The molecule has 0 saturated carbocycles. The molecule has 0 heterocycles. The third-order valence-corrected chi connectivity index (χ3v) is 12.4. The van der Waals surface area contributed by atoms with E-state index in [0.717, 1.165) is 64.2 Å². The summed E-state index contributed by atoms with van der Waals surface area (Å²) in [7, 11) is -4.39. The Labute approximate surface area is 399 Å². The third-order valence-electron chi connectivity index (χ3n) is 11.4. The topological polar surface area (TPSA) is 134 Å². The zero-order valence-electron chi connectivity index (χ0n) is 42.0. The van der Waals surface area contributed by atoms with Crippen LogP contribution in [0.5, 0.6) is 0 Å². The number of carbonyl (C=O) groups is 2. The van der Waals surface area contributed by atoms with Crippen LogP contribution in [0.1, 0.15) is 245 Å². The van der Waals surface area contributed by atoms with Gasteiger partial charge >= 0.3 is 19.8 Å². The number of allylic oxidation sites excluding steroid dienone is 10. The molecule has 0 aromatic heterocycles. The molecule has 0 spiro atoms. The van der Waals surface area contributed by atoms with Crippen molar-refractivity contribution in [1.82, 2.24) is 0 Å². The molecule has 0 fully saturated rings. The predicted octanol–water partition coefficient (Wildman–Crippen LogP) is 16.4. The Bertz CT molecular complexity index is 1250. The summed E-state index contributed by atoms with van der Waals surface area (Å²) >= 11 is 0. The lowest BCUT2D eigenvalue weighted by Gasteiger charge is -2.19. The van der Waals surface area contributed by atoms with Gasteiger partial charge in [-0.15, -0.1) is 0 Å². The Hall–Kier alpha value is -2.29. The summed E-state index contributed by atoms with van der Waals surface area (Å²) in [5.74, 6) is -0.858. The largest absolute Gasteiger partial charge is 0.472 e. The van der Waals surface area contributed by atoms with Crippen molar-refractivity contribution >= 4 is 19.8 Å². The van der Waals surface area contributed by atoms with Crippen molar-refractivity contribution in [2.45, 2.75) is 251 Å². The van der Waals surface area contributed by atoms with E-state index in [1.54, 1.807) is 0 Å². The van der Waals surface area contributed by atoms with Crippen LogP contribution in [0.25, 0.3) is 0 Å². The first-order chi connectivity index (χ1) is 31.8. The lowest BCUT2D eigenvalue weighted by Crippen LogP contribution is -2.29. The zero-order valence-corrected chi connectivity index (χ0v) is 42.9. The molecule has 10 heteroatoms. The fourth-order valence-corrected chi connectivity index (χ4v) is 8.21. The highest BCUT2D eigenvalue weighted by Gasteiger charge is 2.26. The van der Waals surface area contributed by atoms with Gasteiger partial charge in [0.2, 0.25) is 0 Å². The highest BCUT2D eigenvalue weighted by atomic mass is 31.2. The molecule has 0 saturated heterocycles. The molecule has 0 aliphatic rings. The molecule has 0 aromatic rings. The van der Waals surface area contributed by atoms with E-state index in [4.69, 9.17) is 24.3 Å². The molecule has 2 unspecified atom stereocenters. The molecule has 0 amide bonds. The summed E-state index contributed by atoms with van der Waals surface area (Å²) < 4.78 is 32.8. The highest BCUT2D eigenvalue weighted by Crippen LogP contribution is 2.43. The standard InChI is InChI=1S/C55H100NO8P/c1-3-5-7-9-11-13-15-17-18-19-20-21-22-23-24-25-26-27-28-29-30-31-32-33-34-36-37-39-41-43-45-47-54(57)61-51-53(52-63-65(59,60)62-50-49-56)64-55(58)48-46-44-42-40-38-35-16-14-12-10-8-6-4-2/h6,8,12,14-15,17,19-20,35,38,53H,3-5,7,9-11,13,16,18,21-34,36-37,39-52,56H2,1-2H3,(H,59,60)/b8-6-,14-12-,17-15-,20-19-,38-35-. The molecule has 0 radical (unpaired) electrons. The van der Waals surface area contributed by atoms with E-state index in [2.05, 4.69) is 74.6 Å². The second-order valence-electron chi connectivity index (χ2n) is 17.7. The summed E-state index contributed by atoms with van der Waals surface area (Å²) in [5, 5.41) is 0. The molecule has 378 valence electrons. The minimum absolute atomic E-state index is 0.0473. The number of nitrogens with two attached hydrogens (primary N) is 1. The van der Waals surface area contributed by atoms with E-state index in [0.29, 0.717) is 6.42 Å². The van der Waals surface area contributed by atoms with Gasteiger partial charge in [-0.05, 0) is 77.0 Å². The molecule has 9 nitrogen and oxygen atoms in total. The Kier molecular flexibility index (Phi) is 49.3. The van der Waals surface area contributed by atoms with Crippen LogP contribution in [0.4, 0.5) is 0 Å². The second kappa shape index (κ2) is 51.1. The van der Waals surface area contributed by atoms with Gasteiger partial charge in [0.15, 0.2) is 6.10 Å². The summed E-state index contributed by atoms with van der Waals surface area (Å²) in [4.78, 5) is 35.0. The van der Waals surface area contributed by atoms with Crippen molar-refractivity contribution in [1.29, 1.82) is 0 Å². The van der Waals surface area contributed by atoms with Crippen LogP contribution in [0.3, 0.4) is 0 Å². The Balaban J connectivity index is 3.88. The monoisotopic (exact) mass is 934 g/mol. The number of unbranched alkanes of at least 4 members (excludes halogenated alkanes) is 27. The number of esters is 2. The van der Waals surface area contributed by atoms with Gasteiger partial charge < -0.3 is 20.1 Å². The molecule has 0 aliphatic carbocycles. The molecule has 0 bridgehead atoms. The van der Waals surface area contributed by atoms with Crippen LogP contribution in [-0.2, 0) is 32.7 Å². The maximum Gasteiger partial charge on any atom is 0.472 e. The first kappa shape index (κ1) is 62.7. The van der Waals surface area contributed by atoms with Gasteiger partial charge in [0, 0.05) is 19.4 Å². The summed E-state index contributed by atoms with van der Waals surface area (Å²) in [6.07, 6.45) is 62.9. The average Bonchev–Trinajstić information content (AvgIpc) is 3.30. The number of hydrogen-bond acceptors (Lipinski definition) is 8. The molecule has 0 rings (SSSR count). The lowest BCUT2D eigenvalue weighted by atomic mass is 10.0. The van der Waals surface area contributed by atoms with Crippen molar-refractivity contribution < 1.29 is 37.6 Å². The first-order valence-electron chi connectivity index (χ1n) is 26.8. The molecular formula is C55H100NO8P. The Morgan fingerprint density at radius 3 is 1.28 bits per heavy atom. The fraction of sp³-hybridized carbons (Fsp3) is 0.782. The molecule has 65 heavy (non-hydrogen) atoms. The number of carbonyl (C=O) groups excluding carboxylic acids is 2. The van der Waals surface area contributed by atoms with Gasteiger partial charge in [0.25, 0.3) is 0 Å². The van der Waals surface area contributed by atoms with Crippen molar-refractivity contribution in [3.63, 3.8) is 0 Å². The number of ether oxygens (including phenoxy) is 2. The van der Waals surface area contributed by atoms with Crippen molar-refractivity contribution in [2.75, 3.05) is 26.4 Å². The van der Waals surface area contributed by atoms with Gasteiger partial charge in [0.1, 0.15) is 6.61 Å². The van der Waals surface area contributed by atoms with E-state index < -0.39 is 26.5 Å². The number of phosphoric ester groups is 1. The maximum atomic E-state index is 12.6. The SMILES string of the molecule is CC/C=C\C/C=C\C/C=C\CCCCCC(=O)OC(COC(=O)CCCCCCCCCCCCCCCCCCCCC/C=C\C/C=C\CCCCCCC)COP(=O)(O)OCCN. The second-order valence-corrected chi connectivity index (χ2v) is 19.2. The van der Waals surface area contributed by atoms with Crippen molar-refractivity contribution in [3.05, 3.63) is 60.8 Å². The van der Waals surface area contributed by atoms with Crippen LogP contribution in [-0.4, -0.2) is 49.3 Å². The minimum atomic E-state index is -4.39. The van der Waals surface area contributed by atoms with Crippen molar-refractivity contribution in [2.24, 2.45) is 5.73 Å². The van der Waals surface area contributed by atoms with Crippen LogP contribution >= 0.6 is 7.82 Å². The van der Waals surface area contributed by atoms with E-state index in [9.17, 15) is 19.0 Å². The van der Waals surface area contributed by atoms with Gasteiger partial charge in [-0.3, -0.25) is 18.6 Å². The normalized spacial score (nSPS) is 13.6. The Morgan fingerprint density at radius 1 is 0.477 bits per heavy atom. The van der Waals surface area contributed by atoms with E-state index in [-0.39, 0.29) is 38.6 Å². The van der Waals surface area contributed by atoms with E-state index >= 15 is 0 Å². The van der Waals surface area contributed by atoms with Gasteiger partial charge in [0.05, 0.1) is 13.2 Å². The molecular weight excluding hydrogens is 834 g/mol. The lowest BCUT2D eigenvalue weighted by molar-refractivity contribution is -0.161. The van der Waals surface area contributed by atoms with Crippen LogP contribution in [0.2, 0.25) is 0 Å². The zero-order chi connectivity index (χ0) is 47.4. The first-order valence-corrected chi connectivity index (χ1v) is 28.3. The summed E-state index contributed by atoms with van der Waals surface area (Å²) in [6.45, 7) is 3.59. The van der Waals surface area contributed by atoms with Gasteiger partial charge in [-0.2, -0.15) is 0 Å². The smallest absolute Gasteiger partial charge is 0.462 e. The van der Waals surface area contributed by atoms with Crippen molar-refractivity contribution in [3.8, 4) is 0 Å². The number of hydrogen-bond donors (Lipinski definition) is 2. The third kappa shape index (κ3) is 51.0. The van der Waals surface area contributed by atoms with Gasteiger partial charge in [-0.25, -0.2) is 4.57 Å². The van der Waals surface area contributed by atoms with Crippen LogP contribution in [0, 0.1) is 0 Å². The number of rotatable bonds is 50. The van der Waals surface area contributed by atoms with Crippen LogP contribution < -0.4 is 5.73 Å². The molecule has 3 N–H and O–H groups in total. The number of phosphoric acid groups is 1. The molecule has 2 atom stereocenters. The molecule has 0 aliphatic heterocycles.